The maximum absolute atomic E-state index is 5.05. The zero-order valence-corrected chi connectivity index (χ0v) is 18.5. The molecule has 28 heavy (non-hydrogen) atoms. The van der Waals surface area contributed by atoms with Crippen LogP contribution in [0.2, 0.25) is 18.1 Å². The molecule has 0 radical (unpaired) electrons. The average molecular weight is 386 g/mol. The molecule has 1 spiro atoms. The van der Waals surface area contributed by atoms with Crippen molar-refractivity contribution in [3.63, 3.8) is 0 Å². The second kappa shape index (κ2) is 6.55. The first-order valence-electron chi connectivity index (χ1n) is 11.0. The highest BCUT2D eigenvalue weighted by molar-refractivity contribution is 6.92. The van der Waals surface area contributed by atoms with Crippen LogP contribution in [0.25, 0.3) is 22.0 Å². The molecule has 2 aromatic carbocycles. The van der Waals surface area contributed by atoms with Crippen molar-refractivity contribution in [2.24, 2.45) is 0 Å². The van der Waals surface area contributed by atoms with Crippen LogP contribution in [0.5, 0.6) is 0 Å². The lowest BCUT2D eigenvalue weighted by atomic mass is 9.82. The van der Waals surface area contributed by atoms with Gasteiger partial charge in [-0.2, -0.15) is 0 Å². The maximum atomic E-state index is 5.05. The van der Waals surface area contributed by atoms with Crippen molar-refractivity contribution in [1.82, 2.24) is 4.98 Å². The highest BCUT2D eigenvalue weighted by Gasteiger charge is 2.41. The molecule has 0 atom stereocenters. The standard InChI is InChI=1S/C26H31NSi/c1-26(2,3)23-16-21(15-19-9-4-5-11-22(19)23)24-17-20-10-8-14-28(12-6-7-13-28)25(20)18-27-24/h4-5,9,11,15-18H,6-8,10,12-14H2,1-3H3. The molecular weight excluding hydrogens is 354 g/mol. The van der Waals surface area contributed by atoms with Gasteiger partial charge in [0.15, 0.2) is 0 Å². The summed E-state index contributed by atoms with van der Waals surface area (Å²) in [5, 5.41) is 4.40. The van der Waals surface area contributed by atoms with Gasteiger partial charge in [0.2, 0.25) is 0 Å². The van der Waals surface area contributed by atoms with E-state index in [1.165, 1.54) is 71.4 Å². The summed E-state index contributed by atoms with van der Waals surface area (Å²) in [5.41, 5.74) is 5.60. The van der Waals surface area contributed by atoms with E-state index in [-0.39, 0.29) is 5.41 Å². The molecule has 1 saturated heterocycles. The predicted octanol–water partition coefficient (Wildman–Crippen LogP) is 6.60. The Balaban J connectivity index is 1.65. The van der Waals surface area contributed by atoms with E-state index in [9.17, 15) is 0 Å². The number of fused-ring (bicyclic) bond motifs is 3. The van der Waals surface area contributed by atoms with Crippen LogP contribution < -0.4 is 5.19 Å². The smallest absolute Gasteiger partial charge is 0.0891 e. The maximum Gasteiger partial charge on any atom is 0.0891 e. The Labute approximate surface area is 170 Å². The molecule has 2 aliphatic heterocycles. The van der Waals surface area contributed by atoms with Crippen LogP contribution in [0.15, 0.2) is 48.7 Å². The monoisotopic (exact) mass is 385 g/mol. The van der Waals surface area contributed by atoms with Crippen LogP contribution in [0.4, 0.5) is 0 Å². The van der Waals surface area contributed by atoms with Crippen molar-refractivity contribution in [2.75, 3.05) is 0 Å². The summed E-state index contributed by atoms with van der Waals surface area (Å²) in [5.74, 6) is 0. The van der Waals surface area contributed by atoms with Crippen molar-refractivity contribution in [2.45, 2.75) is 70.0 Å². The van der Waals surface area contributed by atoms with Gasteiger partial charge in [-0.1, -0.05) is 82.4 Å². The van der Waals surface area contributed by atoms with Crippen molar-refractivity contribution in [1.29, 1.82) is 0 Å². The second-order valence-corrected chi connectivity index (χ2v) is 14.7. The van der Waals surface area contributed by atoms with Gasteiger partial charge in [-0.15, -0.1) is 0 Å². The number of rotatable bonds is 1. The van der Waals surface area contributed by atoms with Gasteiger partial charge in [-0.05, 0) is 57.1 Å². The number of aromatic nitrogens is 1. The Morgan fingerprint density at radius 2 is 1.64 bits per heavy atom. The van der Waals surface area contributed by atoms with Crippen LogP contribution in [0.3, 0.4) is 0 Å². The number of benzene rings is 2. The van der Waals surface area contributed by atoms with E-state index in [1.807, 2.05) is 0 Å². The quantitative estimate of drug-likeness (QED) is 0.430. The topological polar surface area (TPSA) is 12.9 Å². The lowest BCUT2D eigenvalue weighted by molar-refractivity contribution is 0.596. The number of aryl methyl sites for hydroxylation is 1. The Morgan fingerprint density at radius 3 is 2.43 bits per heavy atom. The van der Waals surface area contributed by atoms with Crippen LogP contribution >= 0.6 is 0 Å². The average Bonchev–Trinajstić information content (AvgIpc) is 3.15. The lowest BCUT2D eigenvalue weighted by Crippen LogP contribution is -2.49. The van der Waals surface area contributed by atoms with Crippen molar-refractivity contribution >= 4 is 24.0 Å². The first-order chi connectivity index (χ1) is 13.5. The third kappa shape index (κ3) is 2.93. The summed E-state index contributed by atoms with van der Waals surface area (Å²) < 4.78 is 0. The molecule has 0 unspecified atom stereocenters. The third-order valence-corrected chi connectivity index (χ3v) is 12.7. The zero-order valence-electron chi connectivity index (χ0n) is 17.5. The highest BCUT2D eigenvalue weighted by atomic mass is 28.3. The molecular formula is C26H31NSi. The van der Waals surface area contributed by atoms with Crippen LogP contribution in [-0.2, 0) is 11.8 Å². The Hall–Kier alpha value is -1.93. The highest BCUT2D eigenvalue weighted by Crippen LogP contribution is 2.39. The molecule has 0 aliphatic carbocycles. The minimum absolute atomic E-state index is 0.116. The molecule has 5 rings (SSSR count). The fourth-order valence-electron chi connectivity index (χ4n) is 5.74. The van der Waals surface area contributed by atoms with Gasteiger partial charge < -0.3 is 0 Å². The van der Waals surface area contributed by atoms with Crippen LogP contribution in [0, 0.1) is 0 Å². The minimum atomic E-state index is -1.21. The normalized spacial score (nSPS) is 18.5. The SMILES string of the molecule is CC(C)(C)c1cc(-c2cc3c(cn2)[Si]2(CCCC2)CCC3)cc2ccccc12. The molecule has 3 aromatic rings. The predicted molar refractivity (Wildman–Crippen MR) is 123 cm³/mol. The molecule has 1 nitrogen and oxygen atoms in total. The van der Waals surface area contributed by atoms with Crippen LogP contribution in [-0.4, -0.2) is 13.1 Å². The van der Waals surface area contributed by atoms with Gasteiger partial charge in [-0.25, -0.2) is 0 Å². The molecule has 2 heteroatoms. The van der Waals surface area contributed by atoms with Crippen molar-refractivity contribution < 1.29 is 0 Å². The number of nitrogens with zero attached hydrogens (tertiary/aromatic N) is 1. The second-order valence-electron chi connectivity index (χ2n) is 10.1. The first kappa shape index (κ1) is 18.1. The number of hydrogen-bond acceptors (Lipinski definition) is 1. The van der Waals surface area contributed by atoms with Crippen molar-refractivity contribution in [3.8, 4) is 11.3 Å². The van der Waals surface area contributed by atoms with E-state index in [2.05, 4.69) is 69.4 Å². The van der Waals surface area contributed by atoms with Gasteiger partial charge in [0.05, 0.1) is 13.8 Å². The zero-order chi connectivity index (χ0) is 19.4. The van der Waals surface area contributed by atoms with E-state index >= 15 is 0 Å². The van der Waals surface area contributed by atoms with Crippen molar-refractivity contribution in [3.05, 3.63) is 59.8 Å². The summed E-state index contributed by atoms with van der Waals surface area (Å²) in [4.78, 5) is 5.05. The molecule has 0 bridgehead atoms. The summed E-state index contributed by atoms with van der Waals surface area (Å²) in [7, 11) is -1.21. The largest absolute Gasteiger partial charge is 0.256 e. The fraction of sp³-hybridized carbons (Fsp3) is 0.423. The summed E-state index contributed by atoms with van der Waals surface area (Å²) in [6.45, 7) is 6.94. The summed E-state index contributed by atoms with van der Waals surface area (Å²) in [6, 6.07) is 20.5. The molecule has 1 aromatic heterocycles. The van der Waals surface area contributed by atoms with E-state index < -0.39 is 8.07 Å². The Kier molecular flexibility index (Phi) is 4.24. The fourth-order valence-corrected chi connectivity index (χ4v) is 11.2. The summed E-state index contributed by atoms with van der Waals surface area (Å²) in [6.07, 6.45) is 7.85. The summed E-state index contributed by atoms with van der Waals surface area (Å²) >= 11 is 0. The van der Waals surface area contributed by atoms with Gasteiger partial charge >= 0.3 is 0 Å². The van der Waals surface area contributed by atoms with Crippen LogP contribution in [0.1, 0.15) is 51.2 Å². The number of hydrogen-bond donors (Lipinski definition) is 0. The van der Waals surface area contributed by atoms with E-state index in [1.54, 1.807) is 10.8 Å². The lowest BCUT2D eigenvalue weighted by Gasteiger charge is -2.33. The molecule has 3 heterocycles. The first-order valence-corrected chi connectivity index (χ1v) is 13.6. The minimum Gasteiger partial charge on any atom is -0.256 e. The van der Waals surface area contributed by atoms with Gasteiger partial charge in [0, 0.05) is 11.8 Å². The Bertz CT molecular complexity index is 1040. The van der Waals surface area contributed by atoms with E-state index in [0.29, 0.717) is 0 Å². The van der Waals surface area contributed by atoms with Gasteiger partial charge in [0.25, 0.3) is 0 Å². The molecule has 1 fully saturated rings. The third-order valence-electron chi connectivity index (χ3n) is 7.19. The van der Waals surface area contributed by atoms with Gasteiger partial charge in [-0.3, -0.25) is 4.98 Å². The molecule has 0 saturated carbocycles. The number of pyridine rings is 1. The van der Waals surface area contributed by atoms with Gasteiger partial charge in [0.1, 0.15) is 0 Å². The molecule has 144 valence electrons. The molecule has 2 aliphatic rings. The molecule has 0 N–H and O–H groups in total. The van der Waals surface area contributed by atoms with E-state index in [4.69, 9.17) is 4.98 Å². The van der Waals surface area contributed by atoms with E-state index in [0.717, 1.165) is 0 Å². The Morgan fingerprint density at radius 1 is 0.893 bits per heavy atom. The molecule has 0 amide bonds.